The molecule has 0 aromatic carbocycles. The van der Waals surface area contributed by atoms with Crippen LogP contribution in [0.25, 0.3) is 0 Å². The number of carboxylic acid groups (broad SMARTS) is 1. The highest BCUT2D eigenvalue weighted by molar-refractivity contribution is 5.83. The normalized spacial score (nSPS) is 13.0. The fraction of sp³-hybridized carbons (Fsp3) is 0.784. The number of nitrogens with one attached hydrogen (secondary N) is 1. The maximum atomic E-state index is 12.8. The molecule has 0 aliphatic heterocycles. The number of ether oxygens (including phenoxy) is 1. The number of nitrogens with two attached hydrogens (primary N) is 1. The molecule has 0 radical (unpaired) electrons. The Morgan fingerprint density at radius 3 is 1.43 bits per heavy atom. The van der Waals surface area contributed by atoms with Crippen LogP contribution in [0, 0.1) is 0 Å². The molecule has 0 spiro atoms. The van der Waals surface area contributed by atoms with Crippen molar-refractivity contribution in [2.75, 3.05) is 6.54 Å². The Hall–Kier alpha value is -2.67. The van der Waals surface area contributed by atoms with Gasteiger partial charge in [0.2, 0.25) is 5.91 Å². The maximum Gasteiger partial charge on any atom is 0.326 e. The fourth-order valence-electron chi connectivity index (χ4n) is 7.27. The van der Waals surface area contributed by atoms with Crippen LogP contribution in [-0.2, 0) is 19.1 Å². The minimum atomic E-state index is -1.00. The summed E-state index contributed by atoms with van der Waals surface area (Å²) in [6.07, 6.45) is 56.0. The Bertz CT molecular complexity index is 1050. The van der Waals surface area contributed by atoms with Gasteiger partial charge in [-0.2, -0.15) is 0 Å². The summed E-state index contributed by atoms with van der Waals surface area (Å²) in [6.45, 7) is 4.84. The first-order chi connectivity index (χ1) is 28.4. The van der Waals surface area contributed by atoms with E-state index < -0.39 is 12.0 Å². The second-order valence-corrected chi connectivity index (χ2v) is 16.5. The van der Waals surface area contributed by atoms with Crippen molar-refractivity contribution in [2.45, 2.75) is 251 Å². The van der Waals surface area contributed by atoms with Gasteiger partial charge in [0.15, 0.2) is 0 Å². The molecule has 7 heteroatoms. The zero-order valence-electron chi connectivity index (χ0n) is 37.9. The third kappa shape index (κ3) is 41.5. The molecule has 336 valence electrons. The molecule has 0 aromatic rings. The van der Waals surface area contributed by atoms with Crippen LogP contribution in [0.4, 0.5) is 0 Å². The first kappa shape index (κ1) is 55.3. The smallest absolute Gasteiger partial charge is 0.326 e. The van der Waals surface area contributed by atoms with Crippen molar-refractivity contribution in [1.82, 2.24) is 5.32 Å². The quantitative estimate of drug-likeness (QED) is 0.0320. The zero-order chi connectivity index (χ0) is 42.4. The Balaban J connectivity index is 4.13. The molecule has 0 aliphatic carbocycles. The summed E-state index contributed by atoms with van der Waals surface area (Å²) in [5, 5.41) is 12.0. The lowest BCUT2D eigenvalue weighted by atomic mass is 10.0. The van der Waals surface area contributed by atoms with E-state index in [9.17, 15) is 19.5 Å². The van der Waals surface area contributed by atoms with Crippen LogP contribution in [0.15, 0.2) is 48.6 Å². The molecule has 2 atom stereocenters. The average molecular weight is 813 g/mol. The predicted molar refractivity (Wildman–Crippen MR) is 248 cm³/mol. The number of unbranched alkanes of at least 4 members (excludes halogenated alkanes) is 22. The van der Waals surface area contributed by atoms with E-state index in [0.717, 1.165) is 89.9 Å². The first-order valence-corrected chi connectivity index (χ1v) is 24.5. The lowest BCUT2D eigenvalue weighted by molar-refractivity contribution is -0.150. The summed E-state index contributed by atoms with van der Waals surface area (Å²) in [5.74, 6) is -1.23. The minimum Gasteiger partial charge on any atom is -0.480 e. The average Bonchev–Trinajstić information content (AvgIpc) is 3.21. The molecule has 0 aromatic heterocycles. The third-order valence-electron chi connectivity index (χ3n) is 10.9. The van der Waals surface area contributed by atoms with Crippen molar-refractivity contribution in [3.8, 4) is 0 Å². The first-order valence-electron chi connectivity index (χ1n) is 24.5. The van der Waals surface area contributed by atoms with Crippen molar-refractivity contribution in [3.05, 3.63) is 48.6 Å². The number of esters is 1. The van der Waals surface area contributed by atoms with Gasteiger partial charge in [-0.3, -0.25) is 9.59 Å². The fourth-order valence-corrected chi connectivity index (χ4v) is 7.27. The molecule has 0 saturated carbocycles. The highest BCUT2D eigenvalue weighted by Crippen LogP contribution is 2.19. The van der Waals surface area contributed by atoms with E-state index in [1.54, 1.807) is 0 Å². The Kier molecular flexibility index (Phi) is 43.3. The molecule has 2 unspecified atom stereocenters. The number of rotatable bonds is 44. The van der Waals surface area contributed by atoms with Crippen LogP contribution in [0.1, 0.15) is 239 Å². The molecule has 7 nitrogen and oxygen atoms in total. The van der Waals surface area contributed by atoms with Crippen molar-refractivity contribution >= 4 is 17.8 Å². The van der Waals surface area contributed by atoms with E-state index in [4.69, 9.17) is 10.5 Å². The highest BCUT2D eigenvalue weighted by Gasteiger charge is 2.19. The summed E-state index contributed by atoms with van der Waals surface area (Å²) >= 11 is 0. The molecule has 4 N–H and O–H groups in total. The van der Waals surface area contributed by atoms with Crippen LogP contribution in [0.3, 0.4) is 0 Å². The van der Waals surface area contributed by atoms with E-state index in [1.807, 2.05) is 0 Å². The SMILES string of the molecule is CC/C=C\C/C=C\C/C=C\C/C=C\CCCCCCCCCCCCC(=O)OC(CCCCCCCCCCC)CCCCCCCC(=O)NC(CCCN)C(=O)O. The maximum absolute atomic E-state index is 12.8. The van der Waals surface area contributed by atoms with Crippen LogP contribution in [0.2, 0.25) is 0 Å². The number of carbonyl (C=O) groups is 3. The van der Waals surface area contributed by atoms with E-state index in [2.05, 4.69) is 67.8 Å². The molecular formula is C51H92N2O5. The van der Waals surface area contributed by atoms with Gasteiger partial charge in [-0.1, -0.05) is 184 Å². The highest BCUT2D eigenvalue weighted by atomic mass is 16.5. The summed E-state index contributed by atoms with van der Waals surface area (Å²) in [5.41, 5.74) is 5.49. The second kappa shape index (κ2) is 45.4. The third-order valence-corrected chi connectivity index (χ3v) is 10.9. The number of hydrogen-bond acceptors (Lipinski definition) is 5. The topological polar surface area (TPSA) is 119 Å². The molecule has 0 aliphatic rings. The second-order valence-electron chi connectivity index (χ2n) is 16.5. The van der Waals surface area contributed by atoms with Gasteiger partial charge >= 0.3 is 11.9 Å². The zero-order valence-corrected chi connectivity index (χ0v) is 37.9. The molecule has 58 heavy (non-hydrogen) atoms. The predicted octanol–water partition coefficient (Wildman–Crippen LogP) is 14.3. The van der Waals surface area contributed by atoms with Crippen LogP contribution < -0.4 is 11.1 Å². The summed E-state index contributed by atoms with van der Waals surface area (Å²) in [6, 6.07) is -0.856. The van der Waals surface area contributed by atoms with Gasteiger partial charge in [0.25, 0.3) is 0 Å². The van der Waals surface area contributed by atoms with Gasteiger partial charge < -0.3 is 20.9 Å². The Morgan fingerprint density at radius 2 is 0.948 bits per heavy atom. The van der Waals surface area contributed by atoms with Gasteiger partial charge in [-0.15, -0.1) is 0 Å². The van der Waals surface area contributed by atoms with Crippen molar-refractivity contribution in [1.29, 1.82) is 0 Å². The molecule has 0 rings (SSSR count). The molecular weight excluding hydrogens is 721 g/mol. The summed E-state index contributed by atoms with van der Waals surface area (Å²) < 4.78 is 6.06. The number of amides is 1. The molecule has 0 heterocycles. The lowest BCUT2D eigenvalue weighted by Crippen LogP contribution is -2.40. The molecule has 0 fully saturated rings. The van der Waals surface area contributed by atoms with Crippen LogP contribution in [0.5, 0.6) is 0 Å². The Morgan fingerprint density at radius 1 is 0.517 bits per heavy atom. The van der Waals surface area contributed by atoms with E-state index in [0.29, 0.717) is 32.2 Å². The largest absolute Gasteiger partial charge is 0.480 e. The van der Waals surface area contributed by atoms with Crippen molar-refractivity contribution in [2.24, 2.45) is 5.73 Å². The van der Waals surface area contributed by atoms with Gasteiger partial charge in [-0.05, 0) is 96.4 Å². The van der Waals surface area contributed by atoms with Crippen LogP contribution in [-0.4, -0.2) is 41.6 Å². The van der Waals surface area contributed by atoms with E-state index >= 15 is 0 Å². The van der Waals surface area contributed by atoms with E-state index in [1.165, 1.54) is 109 Å². The number of aliphatic carboxylic acids is 1. The molecule has 0 bridgehead atoms. The standard InChI is InChI=1S/C51H92N2O5/c1-3-5-7-9-11-13-14-15-16-17-18-19-20-21-22-23-24-25-26-28-30-35-39-45-50(55)58-47(41-36-32-29-27-12-10-8-6-4-2)42-37-33-31-34-38-44-49(54)53-48(51(56)57)43-40-46-52/h5,7,11,13,15-16,18-19,47-48H,3-4,6,8-10,12,14,17,20-46,52H2,1-2H3,(H,53,54)(H,56,57)/b7-5-,13-11-,16-15-,19-18-. The molecule has 0 saturated heterocycles. The van der Waals surface area contributed by atoms with Gasteiger partial charge in [0, 0.05) is 12.8 Å². The van der Waals surface area contributed by atoms with Crippen molar-refractivity contribution in [3.63, 3.8) is 0 Å². The van der Waals surface area contributed by atoms with Gasteiger partial charge in [0.05, 0.1) is 0 Å². The summed E-state index contributed by atoms with van der Waals surface area (Å²) in [4.78, 5) is 36.4. The van der Waals surface area contributed by atoms with Crippen LogP contribution >= 0.6 is 0 Å². The minimum absolute atomic E-state index is 0.0122. The summed E-state index contributed by atoms with van der Waals surface area (Å²) in [7, 11) is 0. The number of carboxylic acids is 1. The van der Waals surface area contributed by atoms with E-state index in [-0.39, 0.29) is 18.0 Å². The molecule has 1 amide bonds. The number of hydrogen-bond donors (Lipinski definition) is 3. The van der Waals surface area contributed by atoms with Gasteiger partial charge in [0.1, 0.15) is 12.1 Å². The van der Waals surface area contributed by atoms with Gasteiger partial charge in [-0.25, -0.2) is 4.79 Å². The number of allylic oxidation sites excluding steroid dienone is 8. The Labute approximate surface area is 358 Å². The number of carbonyl (C=O) groups excluding carboxylic acids is 2. The van der Waals surface area contributed by atoms with Crippen molar-refractivity contribution < 1.29 is 24.2 Å². The lowest BCUT2D eigenvalue weighted by Gasteiger charge is -2.18. The monoisotopic (exact) mass is 813 g/mol.